The summed E-state index contributed by atoms with van der Waals surface area (Å²) in [6.07, 6.45) is -1.64. The normalized spacial score (nSPS) is 12.2. The van der Waals surface area contributed by atoms with Gasteiger partial charge in [0.15, 0.2) is 11.9 Å². The molecule has 0 amide bonds. The van der Waals surface area contributed by atoms with Crippen molar-refractivity contribution >= 4 is 39.3 Å². The van der Waals surface area contributed by atoms with Crippen LogP contribution in [0.3, 0.4) is 0 Å². The van der Waals surface area contributed by atoms with Crippen molar-refractivity contribution in [2.45, 2.75) is 12.5 Å². The van der Waals surface area contributed by atoms with E-state index in [0.717, 1.165) is 0 Å². The molecule has 0 aliphatic heterocycles. The highest BCUT2D eigenvalue weighted by atomic mass is 79.9. The van der Waals surface area contributed by atoms with Gasteiger partial charge in [-0.05, 0) is 6.07 Å². The fourth-order valence-electron chi connectivity index (χ4n) is 1.40. The highest BCUT2D eigenvalue weighted by Gasteiger charge is 2.24. The van der Waals surface area contributed by atoms with Crippen molar-refractivity contribution in [3.8, 4) is 0 Å². The van der Waals surface area contributed by atoms with Crippen LogP contribution >= 0.6 is 27.5 Å². The lowest BCUT2D eigenvalue weighted by atomic mass is 9.98. The van der Waals surface area contributed by atoms with Crippen LogP contribution in [0.25, 0.3) is 0 Å². The van der Waals surface area contributed by atoms with Gasteiger partial charge in [-0.3, -0.25) is 4.79 Å². The summed E-state index contributed by atoms with van der Waals surface area (Å²) in [4.78, 5) is 22.5. The van der Waals surface area contributed by atoms with Crippen LogP contribution in [0.1, 0.15) is 28.4 Å². The number of carboxylic acids is 1. The van der Waals surface area contributed by atoms with Crippen LogP contribution in [-0.4, -0.2) is 27.8 Å². The number of aliphatic carboxylic acids is 1. The molecule has 0 radical (unpaired) electrons. The van der Waals surface area contributed by atoms with Gasteiger partial charge in [0, 0.05) is 27.9 Å². The predicted molar refractivity (Wildman–Crippen MR) is 66.4 cm³/mol. The quantitative estimate of drug-likeness (QED) is 0.645. The highest BCUT2D eigenvalue weighted by Crippen LogP contribution is 2.28. The lowest BCUT2D eigenvalue weighted by Gasteiger charge is -2.13. The summed E-state index contributed by atoms with van der Waals surface area (Å²) >= 11 is 8.60. The number of Topliss-reactive ketones (excluding diaryl/α,β-unsaturated/α-hetero) is 1. The maximum absolute atomic E-state index is 11.7. The first-order valence-corrected chi connectivity index (χ1v) is 6.10. The van der Waals surface area contributed by atoms with E-state index < -0.39 is 12.1 Å². The highest BCUT2D eigenvalue weighted by molar-refractivity contribution is 9.10. The number of aliphatic hydroxyl groups excluding tert-OH is 1. The van der Waals surface area contributed by atoms with E-state index in [-0.39, 0.29) is 29.2 Å². The van der Waals surface area contributed by atoms with Gasteiger partial charge >= 0.3 is 5.97 Å². The minimum atomic E-state index is -1.74. The van der Waals surface area contributed by atoms with Crippen LogP contribution in [0.5, 0.6) is 0 Å². The Morgan fingerprint density at radius 1 is 1.41 bits per heavy atom. The molecule has 0 aromatic heterocycles. The van der Waals surface area contributed by atoms with Crippen LogP contribution in [0, 0.1) is 0 Å². The zero-order chi connectivity index (χ0) is 13.0. The molecule has 2 N–H and O–H groups in total. The van der Waals surface area contributed by atoms with Crippen LogP contribution in [0.4, 0.5) is 0 Å². The largest absolute Gasteiger partial charge is 0.479 e. The molecule has 0 bridgehead atoms. The number of hydrogen-bond donors (Lipinski definition) is 2. The van der Waals surface area contributed by atoms with Crippen molar-refractivity contribution in [3.63, 3.8) is 0 Å². The van der Waals surface area contributed by atoms with Crippen molar-refractivity contribution < 1.29 is 19.8 Å². The van der Waals surface area contributed by atoms with Gasteiger partial charge in [0.25, 0.3) is 0 Å². The average Bonchev–Trinajstić information content (AvgIpc) is 2.28. The van der Waals surface area contributed by atoms with E-state index in [1.54, 1.807) is 12.1 Å². The summed E-state index contributed by atoms with van der Waals surface area (Å²) in [6.45, 7) is 0. The molecule has 0 fully saturated rings. The Kier molecular flexibility index (Phi) is 5.11. The SMILES string of the molecule is O=C(CCCl)c1cccc(Br)c1C(O)C(=O)O. The molecule has 0 heterocycles. The third-order valence-corrected chi connectivity index (χ3v) is 3.06. The molecule has 1 atom stereocenters. The maximum Gasteiger partial charge on any atom is 0.337 e. The molecule has 0 aliphatic rings. The van der Waals surface area contributed by atoms with E-state index in [9.17, 15) is 14.7 Å². The summed E-state index contributed by atoms with van der Waals surface area (Å²) in [5.74, 6) is -1.55. The smallest absolute Gasteiger partial charge is 0.337 e. The molecule has 1 unspecified atom stereocenters. The molecule has 0 saturated carbocycles. The van der Waals surface area contributed by atoms with E-state index in [2.05, 4.69) is 15.9 Å². The lowest BCUT2D eigenvalue weighted by molar-refractivity contribution is -0.147. The van der Waals surface area contributed by atoms with E-state index in [0.29, 0.717) is 4.47 Å². The van der Waals surface area contributed by atoms with Crippen molar-refractivity contribution in [2.24, 2.45) is 0 Å². The Morgan fingerprint density at radius 2 is 2.06 bits per heavy atom. The summed E-state index contributed by atoms with van der Waals surface area (Å²) in [7, 11) is 0. The molecule has 1 rings (SSSR count). The van der Waals surface area contributed by atoms with E-state index in [1.165, 1.54) is 6.07 Å². The van der Waals surface area contributed by atoms with Gasteiger partial charge in [0.1, 0.15) is 0 Å². The van der Waals surface area contributed by atoms with Gasteiger partial charge in [-0.2, -0.15) is 0 Å². The number of benzene rings is 1. The zero-order valence-corrected chi connectivity index (χ0v) is 11.0. The molecule has 0 saturated heterocycles. The molecule has 92 valence electrons. The zero-order valence-electron chi connectivity index (χ0n) is 8.69. The fraction of sp³-hybridized carbons (Fsp3) is 0.273. The maximum atomic E-state index is 11.7. The van der Waals surface area contributed by atoms with E-state index in [1.807, 2.05) is 0 Å². The van der Waals surface area contributed by atoms with Gasteiger partial charge in [-0.15, -0.1) is 11.6 Å². The number of rotatable bonds is 5. The second-order valence-electron chi connectivity index (χ2n) is 3.30. The first kappa shape index (κ1) is 14.2. The first-order chi connectivity index (χ1) is 7.99. The number of carbonyl (C=O) groups is 2. The summed E-state index contributed by atoms with van der Waals surface area (Å²) in [5, 5.41) is 18.3. The Balaban J connectivity index is 3.26. The second kappa shape index (κ2) is 6.14. The topological polar surface area (TPSA) is 74.6 Å². The van der Waals surface area contributed by atoms with Gasteiger partial charge in [0.2, 0.25) is 0 Å². The molecular weight excluding hydrogens is 311 g/mol. The van der Waals surface area contributed by atoms with Crippen molar-refractivity contribution in [3.05, 3.63) is 33.8 Å². The average molecular weight is 322 g/mol. The predicted octanol–water partition coefficient (Wildman–Crippen LogP) is 2.38. The van der Waals surface area contributed by atoms with Crippen molar-refractivity contribution in [1.82, 2.24) is 0 Å². The first-order valence-electron chi connectivity index (χ1n) is 4.77. The summed E-state index contributed by atoms with van der Waals surface area (Å²) in [5.41, 5.74) is 0.241. The molecule has 0 spiro atoms. The monoisotopic (exact) mass is 320 g/mol. The van der Waals surface area contributed by atoms with Crippen LogP contribution < -0.4 is 0 Å². The lowest BCUT2D eigenvalue weighted by Crippen LogP contribution is -2.16. The fourth-order valence-corrected chi connectivity index (χ4v) is 2.16. The molecule has 1 aromatic carbocycles. The van der Waals surface area contributed by atoms with Crippen LogP contribution in [0.2, 0.25) is 0 Å². The number of ketones is 1. The summed E-state index contributed by atoms with van der Waals surface area (Å²) < 4.78 is 0.382. The standard InChI is InChI=1S/C11H10BrClO4/c12-7-3-1-2-6(8(14)4-5-13)9(7)10(15)11(16)17/h1-3,10,15H,4-5H2,(H,16,17). The number of alkyl halides is 1. The third kappa shape index (κ3) is 3.28. The second-order valence-corrected chi connectivity index (χ2v) is 4.54. The summed E-state index contributed by atoms with van der Waals surface area (Å²) in [6, 6.07) is 4.64. The number of aliphatic hydroxyl groups is 1. The third-order valence-electron chi connectivity index (χ3n) is 2.18. The van der Waals surface area contributed by atoms with Crippen LogP contribution in [0.15, 0.2) is 22.7 Å². The molecule has 17 heavy (non-hydrogen) atoms. The Hall–Kier alpha value is -0.910. The Morgan fingerprint density at radius 3 is 2.59 bits per heavy atom. The molecular formula is C11H10BrClO4. The van der Waals surface area contributed by atoms with Gasteiger partial charge < -0.3 is 10.2 Å². The number of carboxylic acid groups (broad SMARTS) is 1. The van der Waals surface area contributed by atoms with Gasteiger partial charge in [0.05, 0.1) is 0 Å². The minimum absolute atomic E-state index is 0.0649. The van der Waals surface area contributed by atoms with Gasteiger partial charge in [-0.25, -0.2) is 4.79 Å². The van der Waals surface area contributed by atoms with Crippen molar-refractivity contribution in [1.29, 1.82) is 0 Å². The number of carbonyl (C=O) groups excluding carboxylic acids is 1. The Labute approximate surface area is 111 Å². The Bertz CT molecular complexity index is 447. The van der Waals surface area contributed by atoms with E-state index >= 15 is 0 Å². The molecule has 6 heteroatoms. The minimum Gasteiger partial charge on any atom is -0.479 e. The molecule has 1 aromatic rings. The van der Waals surface area contributed by atoms with Crippen LogP contribution in [-0.2, 0) is 4.79 Å². The van der Waals surface area contributed by atoms with Crippen molar-refractivity contribution in [2.75, 3.05) is 5.88 Å². The van der Waals surface area contributed by atoms with E-state index in [4.69, 9.17) is 16.7 Å². The van der Waals surface area contributed by atoms with Gasteiger partial charge in [-0.1, -0.05) is 28.1 Å². The molecule has 4 nitrogen and oxygen atoms in total. The number of hydrogen-bond acceptors (Lipinski definition) is 3. The molecule has 0 aliphatic carbocycles. The number of halogens is 2.